The Hall–Kier alpha value is -2.54. The van der Waals surface area contributed by atoms with Crippen molar-refractivity contribution >= 4 is 40.3 Å². The van der Waals surface area contributed by atoms with Gasteiger partial charge < -0.3 is 20.3 Å². The Morgan fingerprint density at radius 3 is 2.52 bits per heavy atom. The van der Waals surface area contributed by atoms with Gasteiger partial charge in [-0.3, -0.25) is 14.4 Å². The van der Waals surface area contributed by atoms with Crippen molar-refractivity contribution in [1.82, 2.24) is 15.2 Å². The largest absolute Gasteiger partial charge is 0.480 e. The van der Waals surface area contributed by atoms with E-state index in [1.54, 1.807) is 43.7 Å². The second kappa shape index (κ2) is 7.57. The van der Waals surface area contributed by atoms with Gasteiger partial charge in [-0.1, -0.05) is 25.4 Å². The van der Waals surface area contributed by atoms with Crippen LogP contribution in [0, 0.1) is 5.92 Å². The molecule has 2 amide bonds. The van der Waals surface area contributed by atoms with E-state index in [0.717, 1.165) is 10.9 Å². The maximum absolute atomic E-state index is 12.6. The standard InChI is InChI=1S/C17H20ClN3O4/c1-9(2)15(17(25)19-8-14(22)23)20-16(24)13-7-10-6-11(18)4-5-12(10)21(13)3/h4-7,9,15H,8H2,1-3H3,(H,19,25)(H,20,24)(H,22,23)/t15-/m0/s1. The fourth-order valence-electron chi connectivity index (χ4n) is 2.56. The van der Waals surface area contributed by atoms with Gasteiger partial charge in [-0.05, 0) is 30.2 Å². The molecule has 0 aliphatic carbocycles. The smallest absolute Gasteiger partial charge is 0.322 e. The van der Waals surface area contributed by atoms with Crippen molar-refractivity contribution < 1.29 is 19.5 Å². The molecule has 0 saturated carbocycles. The Morgan fingerprint density at radius 1 is 1.24 bits per heavy atom. The lowest BCUT2D eigenvalue weighted by molar-refractivity contribution is -0.138. The molecule has 1 aromatic carbocycles. The van der Waals surface area contributed by atoms with Crippen molar-refractivity contribution in [1.29, 1.82) is 0 Å². The van der Waals surface area contributed by atoms with Crippen molar-refractivity contribution in [3.8, 4) is 0 Å². The number of halogens is 1. The van der Waals surface area contributed by atoms with Crippen LogP contribution in [0.15, 0.2) is 24.3 Å². The lowest BCUT2D eigenvalue weighted by Crippen LogP contribution is -2.50. The molecule has 134 valence electrons. The molecule has 1 heterocycles. The molecule has 1 aromatic heterocycles. The Bertz CT molecular complexity index is 829. The van der Waals surface area contributed by atoms with Crippen LogP contribution in [0.5, 0.6) is 0 Å². The average molecular weight is 366 g/mol. The summed E-state index contributed by atoms with van der Waals surface area (Å²) in [5, 5.41) is 15.0. The molecule has 1 atom stereocenters. The lowest BCUT2D eigenvalue weighted by Gasteiger charge is -2.21. The predicted octanol–water partition coefficient (Wildman–Crippen LogP) is 1.79. The van der Waals surface area contributed by atoms with Crippen LogP contribution in [0.1, 0.15) is 24.3 Å². The first-order chi connectivity index (χ1) is 11.7. The summed E-state index contributed by atoms with van der Waals surface area (Å²) >= 11 is 5.98. The number of fused-ring (bicyclic) bond motifs is 1. The van der Waals surface area contributed by atoms with Gasteiger partial charge in [0.15, 0.2) is 0 Å². The minimum absolute atomic E-state index is 0.207. The van der Waals surface area contributed by atoms with Crippen molar-refractivity contribution in [2.75, 3.05) is 6.54 Å². The van der Waals surface area contributed by atoms with Crippen LogP contribution < -0.4 is 10.6 Å². The first-order valence-corrected chi connectivity index (χ1v) is 8.14. The van der Waals surface area contributed by atoms with E-state index in [1.165, 1.54) is 0 Å². The van der Waals surface area contributed by atoms with Gasteiger partial charge in [0.1, 0.15) is 18.3 Å². The molecule has 3 N–H and O–H groups in total. The number of aromatic nitrogens is 1. The third-order valence-electron chi connectivity index (χ3n) is 3.89. The van der Waals surface area contributed by atoms with Gasteiger partial charge >= 0.3 is 5.97 Å². The van der Waals surface area contributed by atoms with Gasteiger partial charge in [-0.25, -0.2) is 0 Å². The van der Waals surface area contributed by atoms with Crippen LogP contribution in [-0.4, -0.2) is 40.0 Å². The summed E-state index contributed by atoms with van der Waals surface area (Å²) in [4.78, 5) is 35.4. The van der Waals surface area contributed by atoms with E-state index in [-0.39, 0.29) is 5.92 Å². The molecule has 2 aromatic rings. The number of carbonyl (C=O) groups excluding carboxylic acids is 2. The number of carboxylic acids is 1. The highest BCUT2D eigenvalue weighted by molar-refractivity contribution is 6.31. The molecule has 0 saturated heterocycles. The van der Waals surface area contributed by atoms with Crippen LogP contribution in [0.4, 0.5) is 0 Å². The fraction of sp³-hybridized carbons (Fsp3) is 0.353. The van der Waals surface area contributed by atoms with E-state index in [1.807, 2.05) is 6.07 Å². The summed E-state index contributed by atoms with van der Waals surface area (Å²) in [6.45, 7) is 3.05. The van der Waals surface area contributed by atoms with Crippen LogP contribution >= 0.6 is 11.6 Å². The molecule has 0 spiro atoms. The average Bonchev–Trinajstić information content (AvgIpc) is 2.86. The van der Waals surface area contributed by atoms with Crippen molar-refractivity contribution in [2.45, 2.75) is 19.9 Å². The van der Waals surface area contributed by atoms with Crippen LogP contribution in [0.3, 0.4) is 0 Å². The molecule has 2 rings (SSSR count). The molecule has 0 unspecified atom stereocenters. The van der Waals surface area contributed by atoms with E-state index in [2.05, 4.69) is 10.6 Å². The van der Waals surface area contributed by atoms with E-state index >= 15 is 0 Å². The van der Waals surface area contributed by atoms with Crippen molar-refractivity contribution in [2.24, 2.45) is 13.0 Å². The normalized spacial score (nSPS) is 12.2. The molecular formula is C17H20ClN3O4. The third-order valence-corrected chi connectivity index (χ3v) is 4.12. The minimum atomic E-state index is -1.15. The quantitative estimate of drug-likeness (QED) is 0.726. The van der Waals surface area contributed by atoms with Crippen LogP contribution in [0.2, 0.25) is 5.02 Å². The summed E-state index contributed by atoms with van der Waals surface area (Å²) in [7, 11) is 1.75. The van der Waals surface area contributed by atoms with E-state index in [4.69, 9.17) is 16.7 Å². The molecule has 0 bridgehead atoms. The summed E-state index contributed by atoms with van der Waals surface area (Å²) < 4.78 is 1.72. The topological polar surface area (TPSA) is 100 Å². The summed E-state index contributed by atoms with van der Waals surface area (Å²) in [6.07, 6.45) is 0. The number of carboxylic acid groups (broad SMARTS) is 1. The SMILES string of the molecule is CC(C)[C@H](NC(=O)c1cc2cc(Cl)ccc2n1C)C(=O)NCC(=O)O. The highest BCUT2D eigenvalue weighted by atomic mass is 35.5. The number of carbonyl (C=O) groups is 3. The number of rotatable bonds is 6. The van der Waals surface area contributed by atoms with Crippen molar-refractivity contribution in [3.63, 3.8) is 0 Å². The van der Waals surface area contributed by atoms with Gasteiger partial charge in [0, 0.05) is 23.0 Å². The second-order valence-corrected chi connectivity index (χ2v) is 6.53. The number of nitrogens with one attached hydrogen (secondary N) is 2. The lowest BCUT2D eigenvalue weighted by atomic mass is 10.0. The number of benzene rings is 1. The Kier molecular flexibility index (Phi) is 5.69. The number of hydrogen-bond acceptors (Lipinski definition) is 3. The first-order valence-electron chi connectivity index (χ1n) is 7.76. The predicted molar refractivity (Wildman–Crippen MR) is 94.7 cm³/mol. The zero-order valence-corrected chi connectivity index (χ0v) is 14.9. The monoisotopic (exact) mass is 365 g/mol. The maximum Gasteiger partial charge on any atom is 0.322 e. The molecule has 0 aliphatic rings. The molecule has 0 fully saturated rings. The zero-order valence-electron chi connectivity index (χ0n) is 14.2. The zero-order chi connectivity index (χ0) is 18.7. The number of aryl methyl sites for hydroxylation is 1. The van der Waals surface area contributed by atoms with Crippen LogP contribution in [0.25, 0.3) is 10.9 Å². The van der Waals surface area contributed by atoms with Crippen LogP contribution in [-0.2, 0) is 16.6 Å². The molecule has 25 heavy (non-hydrogen) atoms. The van der Waals surface area contributed by atoms with E-state index in [0.29, 0.717) is 10.7 Å². The highest BCUT2D eigenvalue weighted by Crippen LogP contribution is 2.22. The second-order valence-electron chi connectivity index (χ2n) is 6.10. The maximum atomic E-state index is 12.6. The third kappa shape index (κ3) is 4.30. The van der Waals surface area contributed by atoms with E-state index < -0.39 is 30.4 Å². The molecule has 0 aliphatic heterocycles. The highest BCUT2D eigenvalue weighted by Gasteiger charge is 2.26. The van der Waals surface area contributed by atoms with Gasteiger partial charge in [0.25, 0.3) is 5.91 Å². The molecule has 0 radical (unpaired) electrons. The Labute approximate surface area is 149 Å². The van der Waals surface area contributed by atoms with Crippen molar-refractivity contribution in [3.05, 3.63) is 35.0 Å². The first kappa shape index (κ1) is 18.8. The Morgan fingerprint density at radius 2 is 1.92 bits per heavy atom. The van der Waals surface area contributed by atoms with Gasteiger partial charge in [0.05, 0.1) is 0 Å². The minimum Gasteiger partial charge on any atom is -0.480 e. The van der Waals surface area contributed by atoms with Gasteiger partial charge in [0.2, 0.25) is 5.91 Å². The van der Waals surface area contributed by atoms with E-state index in [9.17, 15) is 14.4 Å². The number of amides is 2. The molecule has 8 heteroatoms. The summed E-state index contributed by atoms with van der Waals surface area (Å²) in [6, 6.07) is 6.17. The molecular weight excluding hydrogens is 346 g/mol. The van der Waals surface area contributed by atoms with Gasteiger partial charge in [-0.2, -0.15) is 0 Å². The van der Waals surface area contributed by atoms with Gasteiger partial charge in [-0.15, -0.1) is 0 Å². The number of hydrogen-bond donors (Lipinski definition) is 3. The summed E-state index contributed by atoms with van der Waals surface area (Å²) in [5.74, 6) is -2.30. The molecule has 7 nitrogen and oxygen atoms in total. The number of aliphatic carboxylic acids is 1. The number of nitrogens with zero attached hydrogens (tertiary/aromatic N) is 1. The fourth-order valence-corrected chi connectivity index (χ4v) is 2.74. The summed E-state index contributed by atoms with van der Waals surface area (Å²) in [5.41, 5.74) is 1.22. The Balaban J connectivity index is 2.22.